The maximum atomic E-state index is 13.0. The number of H-pyrrole nitrogens is 1. The molecule has 2 aliphatic rings. The second-order valence-corrected chi connectivity index (χ2v) is 13.2. The first-order valence-corrected chi connectivity index (χ1v) is 15.4. The zero-order valence-electron chi connectivity index (χ0n) is 20.9. The lowest BCUT2D eigenvalue weighted by Crippen LogP contribution is -2.64. The number of aliphatic hydroxyl groups excluding tert-OH is 5. The van der Waals surface area contributed by atoms with Crippen molar-refractivity contribution in [3.05, 3.63) is 33.1 Å². The van der Waals surface area contributed by atoms with Crippen molar-refractivity contribution in [2.45, 2.75) is 62.1 Å². The van der Waals surface area contributed by atoms with E-state index in [1.807, 2.05) is 4.98 Å². The molecule has 20 heteroatoms. The molecule has 0 aromatic carbocycles. The zero-order valence-corrected chi connectivity index (χ0v) is 22.7. The zero-order chi connectivity index (χ0) is 29.3. The van der Waals surface area contributed by atoms with Gasteiger partial charge in [0.15, 0.2) is 12.5 Å². The Labute approximate surface area is 220 Å². The summed E-state index contributed by atoms with van der Waals surface area (Å²) in [6.07, 6.45) is -11.4. The summed E-state index contributed by atoms with van der Waals surface area (Å²) < 4.78 is 53.0. The van der Waals surface area contributed by atoms with E-state index in [1.54, 1.807) is 0 Å². The predicted octanol–water partition coefficient (Wildman–Crippen LogP) is -3.20. The van der Waals surface area contributed by atoms with Crippen molar-refractivity contribution in [2.24, 2.45) is 0 Å². The van der Waals surface area contributed by atoms with Gasteiger partial charge in [-0.1, -0.05) is 0 Å². The quantitative estimate of drug-likeness (QED) is 0.130. The molecule has 222 valence electrons. The van der Waals surface area contributed by atoms with Gasteiger partial charge in [-0.2, -0.15) is 0 Å². The van der Waals surface area contributed by atoms with Crippen molar-refractivity contribution in [3.8, 4) is 0 Å². The Balaban J connectivity index is 1.66. The number of hydrogen-bond donors (Lipinski definition) is 7. The summed E-state index contributed by atoms with van der Waals surface area (Å²) >= 11 is 0. The van der Waals surface area contributed by atoms with E-state index in [1.165, 1.54) is 0 Å². The number of aliphatic hydroxyl groups is 5. The highest BCUT2D eigenvalue weighted by Gasteiger charge is 2.49. The molecular weight excluding hydrogens is 572 g/mol. The van der Waals surface area contributed by atoms with E-state index in [0.717, 1.165) is 37.1 Å². The Bertz CT molecular complexity index is 1240. The summed E-state index contributed by atoms with van der Waals surface area (Å²) in [5.74, 6) is -0.665. The van der Waals surface area contributed by atoms with Crippen LogP contribution in [0.3, 0.4) is 0 Å². The van der Waals surface area contributed by atoms with Crippen LogP contribution in [0, 0.1) is 0 Å². The molecule has 11 atom stereocenters. The number of aromatic nitrogens is 2. The molecule has 7 N–H and O–H groups in total. The van der Waals surface area contributed by atoms with E-state index in [9.17, 15) is 49.0 Å². The number of rotatable bonds is 10. The molecule has 1 amide bonds. The third kappa shape index (κ3) is 7.70. The van der Waals surface area contributed by atoms with Crippen molar-refractivity contribution in [1.82, 2.24) is 14.9 Å². The summed E-state index contributed by atoms with van der Waals surface area (Å²) in [4.78, 5) is 36.8. The van der Waals surface area contributed by atoms with Crippen molar-refractivity contribution >= 4 is 21.1 Å². The topological polar surface area (TPSA) is 265 Å². The lowest BCUT2D eigenvalue weighted by Gasteiger charge is -2.42. The number of nitrogens with zero attached hydrogens (tertiary/aromatic N) is 1. The highest BCUT2D eigenvalue weighted by atomic mass is 31.3. The van der Waals surface area contributed by atoms with E-state index < -0.39 is 101 Å². The van der Waals surface area contributed by atoms with Crippen LogP contribution < -0.4 is 16.6 Å². The molecule has 0 radical (unpaired) electrons. The SMILES string of the molecule is CC(=O)NC1[C@@H](OP(C)(=O)OP(C)(=O)OCC2OC(n3ccc(=O)[nH]c3=O)C(O)C2O)OC(CO)[C@@H](O)[C@@H]1O. The first-order chi connectivity index (χ1) is 18.0. The van der Waals surface area contributed by atoms with Crippen molar-refractivity contribution in [2.75, 3.05) is 26.5 Å². The van der Waals surface area contributed by atoms with Crippen LogP contribution in [0.2, 0.25) is 0 Å². The third-order valence-electron chi connectivity index (χ3n) is 5.78. The normalized spacial score (nSPS) is 36.2. The molecule has 0 saturated carbocycles. The number of carbonyl (C=O) groups is 1. The predicted molar refractivity (Wildman–Crippen MR) is 128 cm³/mol. The number of carbonyl (C=O) groups excluding carboxylic acids is 1. The molecule has 1 aromatic rings. The minimum atomic E-state index is -4.38. The first-order valence-electron chi connectivity index (χ1n) is 11.5. The van der Waals surface area contributed by atoms with Gasteiger partial charge >= 0.3 is 20.9 Å². The van der Waals surface area contributed by atoms with Crippen molar-refractivity contribution in [1.29, 1.82) is 0 Å². The maximum Gasteiger partial charge on any atom is 0.337 e. The van der Waals surface area contributed by atoms with Gasteiger partial charge in [-0.3, -0.25) is 32.8 Å². The van der Waals surface area contributed by atoms with Gasteiger partial charge in [0, 0.05) is 32.5 Å². The standard InChI is InChI=1S/C19H31N3O15P2/c1-8(24)20-12-15(28)13(26)9(6-23)35-18(12)36-39(3,32)37-38(2,31)33-7-10-14(27)16(29)17(34-10)22-5-4-11(25)21-19(22)30/h4-5,9-10,12-18,23,26-29H,6-7H2,1-3H3,(H,20,24)(H,21,25,30)/t9?,10?,12?,13-,14?,15-,16?,17?,18-,38?,39?/m1/s1. The second-order valence-electron chi connectivity index (χ2n) is 9.02. The average Bonchev–Trinajstić information content (AvgIpc) is 3.10. The Kier molecular flexibility index (Phi) is 10.1. The maximum absolute atomic E-state index is 13.0. The molecule has 18 nitrogen and oxygen atoms in total. The third-order valence-corrected chi connectivity index (χ3v) is 9.36. The summed E-state index contributed by atoms with van der Waals surface area (Å²) in [6.45, 7) is 1.45. The molecule has 2 fully saturated rings. The van der Waals surface area contributed by atoms with Crippen LogP contribution in [0.25, 0.3) is 0 Å². The van der Waals surface area contributed by atoms with E-state index in [4.69, 9.17) is 22.8 Å². The fourth-order valence-electron chi connectivity index (χ4n) is 3.99. The van der Waals surface area contributed by atoms with Crippen LogP contribution in [0.15, 0.2) is 21.9 Å². The Morgan fingerprint density at radius 1 is 1.05 bits per heavy atom. The Morgan fingerprint density at radius 3 is 2.28 bits per heavy atom. The Morgan fingerprint density at radius 2 is 1.69 bits per heavy atom. The molecule has 0 spiro atoms. The lowest BCUT2D eigenvalue weighted by molar-refractivity contribution is -0.245. The minimum Gasteiger partial charge on any atom is -0.394 e. The van der Waals surface area contributed by atoms with Crippen molar-refractivity contribution in [3.63, 3.8) is 0 Å². The van der Waals surface area contributed by atoms with Crippen LogP contribution in [-0.2, 0) is 36.8 Å². The summed E-state index contributed by atoms with van der Waals surface area (Å²) in [5.41, 5.74) is -1.61. The van der Waals surface area contributed by atoms with Gasteiger partial charge in [-0.25, -0.2) is 9.11 Å². The van der Waals surface area contributed by atoms with Crippen molar-refractivity contribution < 1.29 is 62.3 Å². The van der Waals surface area contributed by atoms with Gasteiger partial charge in [-0.15, -0.1) is 0 Å². The number of amides is 1. The van der Waals surface area contributed by atoms with Gasteiger partial charge in [0.05, 0.1) is 13.2 Å². The Hall–Kier alpha value is -1.79. The lowest BCUT2D eigenvalue weighted by atomic mass is 9.97. The van der Waals surface area contributed by atoms with Crippen LogP contribution in [0.5, 0.6) is 0 Å². The molecule has 39 heavy (non-hydrogen) atoms. The first kappa shape index (κ1) is 31.7. The summed E-state index contributed by atoms with van der Waals surface area (Å²) in [5, 5.41) is 52.7. The largest absolute Gasteiger partial charge is 0.394 e. The number of hydrogen-bond acceptors (Lipinski definition) is 15. The molecular formula is C19H31N3O15P2. The number of ether oxygens (including phenoxy) is 2. The molecule has 3 heterocycles. The molecule has 2 saturated heterocycles. The minimum absolute atomic E-state index is 0.665. The van der Waals surface area contributed by atoms with Gasteiger partial charge in [0.25, 0.3) is 5.56 Å². The molecule has 0 aliphatic carbocycles. The number of nitrogens with one attached hydrogen (secondary N) is 2. The van der Waals surface area contributed by atoms with Crippen LogP contribution in [-0.4, -0.2) is 116 Å². The summed E-state index contributed by atoms with van der Waals surface area (Å²) in [7, 11) is -8.64. The molecule has 0 bridgehead atoms. The molecule has 3 rings (SSSR count). The number of aromatic amines is 1. The molecule has 1 aromatic heterocycles. The smallest absolute Gasteiger partial charge is 0.337 e. The van der Waals surface area contributed by atoms with Gasteiger partial charge in [0.2, 0.25) is 5.91 Å². The van der Waals surface area contributed by atoms with E-state index in [0.29, 0.717) is 0 Å². The fraction of sp³-hybridized carbons (Fsp3) is 0.737. The van der Waals surface area contributed by atoms with Gasteiger partial charge < -0.3 is 44.8 Å². The molecule has 2 aliphatic heterocycles. The fourth-order valence-corrected chi connectivity index (χ4v) is 7.47. The van der Waals surface area contributed by atoms with E-state index in [-0.39, 0.29) is 0 Å². The van der Waals surface area contributed by atoms with Gasteiger partial charge in [-0.05, 0) is 0 Å². The van der Waals surface area contributed by atoms with Gasteiger partial charge in [0.1, 0.15) is 42.7 Å². The highest BCUT2D eigenvalue weighted by Crippen LogP contribution is 2.62. The average molecular weight is 603 g/mol. The van der Waals surface area contributed by atoms with E-state index >= 15 is 0 Å². The summed E-state index contributed by atoms with van der Waals surface area (Å²) in [6, 6.07) is -0.457. The molecule has 8 unspecified atom stereocenters. The van der Waals surface area contributed by atoms with Crippen LogP contribution >= 0.6 is 15.2 Å². The van der Waals surface area contributed by atoms with E-state index in [2.05, 4.69) is 5.32 Å². The monoisotopic (exact) mass is 603 g/mol. The highest BCUT2D eigenvalue weighted by molar-refractivity contribution is 7.66. The second kappa shape index (κ2) is 12.4. The van der Waals surface area contributed by atoms with Crippen LogP contribution in [0.4, 0.5) is 0 Å². The van der Waals surface area contributed by atoms with Crippen LogP contribution in [0.1, 0.15) is 13.2 Å².